The second kappa shape index (κ2) is 4.14. The molecule has 0 aliphatic carbocycles. The first kappa shape index (κ1) is 10.8. The van der Waals surface area contributed by atoms with Gasteiger partial charge in [0.2, 0.25) is 5.91 Å². The summed E-state index contributed by atoms with van der Waals surface area (Å²) in [7, 11) is 0. The van der Waals surface area contributed by atoms with Crippen molar-refractivity contribution in [2.24, 2.45) is 5.92 Å². The van der Waals surface area contributed by atoms with E-state index in [4.69, 9.17) is 0 Å². The van der Waals surface area contributed by atoms with E-state index in [1.807, 2.05) is 13.1 Å². The molecule has 17 heavy (non-hydrogen) atoms. The van der Waals surface area contributed by atoms with Crippen LogP contribution in [0.2, 0.25) is 0 Å². The summed E-state index contributed by atoms with van der Waals surface area (Å²) < 4.78 is 0. The number of rotatable bonds is 3. The SMILES string of the molecule is CC(NC(=O)C1CC2CCC1N2)c1cn[nH]c1. The van der Waals surface area contributed by atoms with E-state index >= 15 is 0 Å². The molecule has 2 aliphatic heterocycles. The van der Waals surface area contributed by atoms with E-state index in [1.165, 1.54) is 6.42 Å². The van der Waals surface area contributed by atoms with Gasteiger partial charge in [0.05, 0.1) is 18.2 Å². The standard InChI is InChI=1S/C12H18N4O/c1-7(8-5-13-14-6-8)15-12(17)10-4-9-2-3-11(10)16-9/h5-7,9-11,16H,2-4H2,1H3,(H,13,14)(H,15,17). The lowest BCUT2D eigenvalue weighted by Crippen LogP contribution is -2.38. The Morgan fingerprint density at radius 3 is 3.06 bits per heavy atom. The second-order valence-electron chi connectivity index (χ2n) is 5.15. The van der Waals surface area contributed by atoms with Gasteiger partial charge in [-0.3, -0.25) is 9.89 Å². The third-order valence-electron chi connectivity index (χ3n) is 4.01. The van der Waals surface area contributed by atoms with Crippen LogP contribution in [0.25, 0.3) is 0 Å². The molecular weight excluding hydrogens is 216 g/mol. The van der Waals surface area contributed by atoms with E-state index in [-0.39, 0.29) is 17.9 Å². The van der Waals surface area contributed by atoms with Gasteiger partial charge in [-0.2, -0.15) is 5.10 Å². The lowest BCUT2D eigenvalue weighted by atomic mass is 9.88. The highest BCUT2D eigenvalue weighted by atomic mass is 16.2. The maximum atomic E-state index is 12.2. The molecule has 5 heteroatoms. The number of carbonyl (C=O) groups is 1. The lowest BCUT2D eigenvalue weighted by molar-refractivity contribution is -0.126. The molecule has 4 unspecified atom stereocenters. The summed E-state index contributed by atoms with van der Waals surface area (Å²) in [6, 6.07) is 0.997. The zero-order chi connectivity index (χ0) is 11.8. The monoisotopic (exact) mass is 234 g/mol. The van der Waals surface area contributed by atoms with Gasteiger partial charge >= 0.3 is 0 Å². The van der Waals surface area contributed by atoms with Gasteiger partial charge in [0.15, 0.2) is 0 Å². The summed E-state index contributed by atoms with van der Waals surface area (Å²) in [5, 5.41) is 13.2. The fourth-order valence-corrected chi connectivity index (χ4v) is 3.02. The van der Waals surface area contributed by atoms with Gasteiger partial charge in [0.1, 0.15) is 0 Å². The van der Waals surface area contributed by atoms with Gasteiger partial charge in [0.25, 0.3) is 0 Å². The van der Waals surface area contributed by atoms with Crippen molar-refractivity contribution in [3.63, 3.8) is 0 Å². The molecule has 3 rings (SSSR count). The summed E-state index contributed by atoms with van der Waals surface area (Å²) in [5.74, 6) is 0.335. The average molecular weight is 234 g/mol. The van der Waals surface area contributed by atoms with Crippen molar-refractivity contribution in [1.29, 1.82) is 0 Å². The molecule has 92 valence electrons. The number of hydrogen-bond acceptors (Lipinski definition) is 3. The number of nitrogens with one attached hydrogen (secondary N) is 3. The minimum atomic E-state index is 0.0281. The molecule has 3 N–H and O–H groups in total. The topological polar surface area (TPSA) is 69.8 Å². The Kier molecular flexibility index (Phi) is 2.63. The Bertz CT molecular complexity index is 403. The van der Waals surface area contributed by atoms with E-state index in [9.17, 15) is 4.79 Å². The summed E-state index contributed by atoms with van der Waals surface area (Å²) in [6.45, 7) is 1.99. The van der Waals surface area contributed by atoms with E-state index < -0.39 is 0 Å². The molecule has 1 amide bonds. The van der Waals surface area contributed by atoms with Gasteiger partial charge in [-0.25, -0.2) is 0 Å². The van der Waals surface area contributed by atoms with Crippen LogP contribution in [0.1, 0.15) is 37.8 Å². The maximum absolute atomic E-state index is 12.2. The Balaban J connectivity index is 1.60. The number of carbonyl (C=O) groups excluding carboxylic acids is 1. The van der Waals surface area contributed by atoms with E-state index in [2.05, 4.69) is 20.8 Å². The molecule has 4 atom stereocenters. The van der Waals surface area contributed by atoms with Crippen LogP contribution in [0.15, 0.2) is 12.4 Å². The van der Waals surface area contributed by atoms with Crippen molar-refractivity contribution < 1.29 is 4.79 Å². The van der Waals surface area contributed by atoms with Crippen LogP contribution in [0, 0.1) is 5.92 Å². The predicted octanol–water partition coefficient (Wildman–Crippen LogP) is 0.727. The van der Waals surface area contributed by atoms with Crippen molar-refractivity contribution in [2.45, 2.75) is 44.3 Å². The lowest BCUT2D eigenvalue weighted by Gasteiger charge is -2.21. The normalized spacial score (nSPS) is 32.6. The van der Waals surface area contributed by atoms with Crippen LogP contribution < -0.4 is 10.6 Å². The van der Waals surface area contributed by atoms with E-state index in [0.717, 1.165) is 18.4 Å². The molecule has 2 aliphatic rings. The number of fused-ring (bicyclic) bond motifs is 2. The second-order valence-corrected chi connectivity index (χ2v) is 5.15. The third kappa shape index (κ3) is 1.95. The first-order valence-corrected chi connectivity index (χ1v) is 6.29. The fraction of sp³-hybridized carbons (Fsp3) is 0.667. The predicted molar refractivity (Wildman–Crippen MR) is 63.2 cm³/mol. The zero-order valence-electron chi connectivity index (χ0n) is 9.94. The molecule has 0 aromatic carbocycles. The van der Waals surface area contributed by atoms with Crippen LogP contribution >= 0.6 is 0 Å². The number of amides is 1. The number of nitrogens with zero attached hydrogens (tertiary/aromatic N) is 1. The maximum Gasteiger partial charge on any atom is 0.225 e. The molecule has 0 spiro atoms. The number of aromatic nitrogens is 2. The van der Waals surface area contributed by atoms with Crippen LogP contribution in [0.5, 0.6) is 0 Å². The molecular formula is C12H18N4O. The van der Waals surface area contributed by atoms with Crippen LogP contribution in [0.4, 0.5) is 0 Å². The molecule has 3 heterocycles. The number of aromatic amines is 1. The van der Waals surface area contributed by atoms with Crippen molar-refractivity contribution in [3.8, 4) is 0 Å². The summed E-state index contributed by atoms with van der Waals surface area (Å²) in [4.78, 5) is 12.2. The largest absolute Gasteiger partial charge is 0.349 e. The minimum absolute atomic E-state index is 0.0281. The van der Waals surface area contributed by atoms with Gasteiger partial charge < -0.3 is 10.6 Å². The third-order valence-corrected chi connectivity index (χ3v) is 4.01. The van der Waals surface area contributed by atoms with Crippen molar-refractivity contribution in [3.05, 3.63) is 18.0 Å². The fourth-order valence-electron chi connectivity index (χ4n) is 3.02. The summed E-state index contributed by atoms with van der Waals surface area (Å²) in [5.41, 5.74) is 1.02. The van der Waals surface area contributed by atoms with E-state index in [1.54, 1.807) is 6.20 Å². The Morgan fingerprint density at radius 2 is 2.47 bits per heavy atom. The molecule has 2 bridgehead atoms. The Hall–Kier alpha value is -1.36. The van der Waals surface area contributed by atoms with E-state index in [0.29, 0.717) is 12.1 Å². The highest BCUT2D eigenvalue weighted by Crippen LogP contribution is 2.33. The van der Waals surface area contributed by atoms with Gasteiger partial charge in [-0.05, 0) is 26.2 Å². The highest BCUT2D eigenvalue weighted by molar-refractivity contribution is 5.80. The Labute approximate surface area is 100 Å². The number of H-pyrrole nitrogens is 1. The molecule has 1 aromatic heterocycles. The van der Waals surface area contributed by atoms with Crippen LogP contribution in [-0.2, 0) is 4.79 Å². The molecule has 0 saturated carbocycles. The first-order chi connectivity index (χ1) is 8.24. The first-order valence-electron chi connectivity index (χ1n) is 6.29. The van der Waals surface area contributed by atoms with Gasteiger partial charge in [0, 0.05) is 23.8 Å². The molecule has 1 aromatic rings. The molecule has 2 fully saturated rings. The van der Waals surface area contributed by atoms with Crippen LogP contribution in [0.3, 0.4) is 0 Å². The van der Waals surface area contributed by atoms with Crippen LogP contribution in [-0.4, -0.2) is 28.2 Å². The summed E-state index contributed by atoms with van der Waals surface area (Å²) >= 11 is 0. The Morgan fingerprint density at radius 1 is 1.59 bits per heavy atom. The van der Waals surface area contributed by atoms with Crippen molar-refractivity contribution >= 4 is 5.91 Å². The van der Waals surface area contributed by atoms with Crippen molar-refractivity contribution in [1.82, 2.24) is 20.8 Å². The minimum Gasteiger partial charge on any atom is -0.349 e. The highest BCUT2D eigenvalue weighted by Gasteiger charge is 2.42. The quantitative estimate of drug-likeness (QED) is 0.722. The molecule has 2 saturated heterocycles. The van der Waals surface area contributed by atoms with Gasteiger partial charge in [-0.15, -0.1) is 0 Å². The average Bonchev–Trinajstić information content (AvgIpc) is 3.05. The molecule has 5 nitrogen and oxygen atoms in total. The molecule has 0 radical (unpaired) electrons. The van der Waals surface area contributed by atoms with Gasteiger partial charge in [-0.1, -0.05) is 0 Å². The zero-order valence-corrected chi connectivity index (χ0v) is 9.94. The smallest absolute Gasteiger partial charge is 0.225 e. The summed E-state index contributed by atoms with van der Waals surface area (Å²) in [6.07, 6.45) is 6.94. The number of hydrogen-bond donors (Lipinski definition) is 3. The van der Waals surface area contributed by atoms with Crippen molar-refractivity contribution in [2.75, 3.05) is 0 Å².